The van der Waals surface area contributed by atoms with Crippen LogP contribution in [0.15, 0.2) is 53.4 Å². The third-order valence-corrected chi connectivity index (χ3v) is 5.93. The number of Topliss-reactive ketones (excluding diaryl/α,β-unsaturated/α-hetero) is 1. The van der Waals surface area contributed by atoms with Crippen LogP contribution in [0.25, 0.3) is 0 Å². The first-order chi connectivity index (χ1) is 12.4. The highest BCUT2D eigenvalue weighted by Gasteiger charge is 2.41. The lowest BCUT2D eigenvalue weighted by molar-refractivity contribution is 0.0820. The van der Waals surface area contributed by atoms with Gasteiger partial charge in [0.2, 0.25) is 0 Å². The maximum absolute atomic E-state index is 12.5. The minimum atomic E-state index is -3.98. The zero-order valence-corrected chi connectivity index (χ0v) is 15.2. The predicted molar refractivity (Wildman–Crippen MR) is 95.8 cm³/mol. The largest absolute Gasteiger partial charge is 0.494 e. The molecule has 6 nitrogen and oxygen atoms in total. The standard InChI is InChI=1S/C19H19NO5S/c1-2-3-12-25-15-10-8-14(9-11-15)17(21)13-20-19(22)16-6-4-5-7-18(16)26(20,23)24/h4-11H,2-3,12-13H2,1H3. The Morgan fingerprint density at radius 2 is 1.77 bits per heavy atom. The minimum absolute atomic E-state index is 0.0579. The van der Waals surface area contributed by atoms with Gasteiger partial charge in [-0.1, -0.05) is 25.5 Å². The molecule has 7 heteroatoms. The number of ketones is 1. The van der Waals surface area contributed by atoms with Gasteiger partial charge < -0.3 is 4.74 Å². The second kappa shape index (κ2) is 7.29. The summed E-state index contributed by atoms with van der Waals surface area (Å²) in [6.07, 6.45) is 1.97. The van der Waals surface area contributed by atoms with Crippen LogP contribution in [-0.2, 0) is 10.0 Å². The van der Waals surface area contributed by atoms with Crippen molar-refractivity contribution in [2.45, 2.75) is 24.7 Å². The van der Waals surface area contributed by atoms with E-state index in [9.17, 15) is 18.0 Å². The molecule has 1 aliphatic heterocycles. The molecule has 0 aliphatic carbocycles. The Balaban J connectivity index is 1.73. The monoisotopic (exact) mass is 373 g/mol. The summed E-state index contributed by atoms with van der Waals surface area (Å²) in [6, 6.07) is 12.4. The number of benzene rings is 2. The van der Waals surface area contributed by atoms with Gasteiger partial charge in [-0.25, -0.2) is 12.7 Å². The fraction of sp³-hybridized carbons (Fsp3) is 0.263. The summed E-state index contributed by atoms with van der Waals surface area (Å²) in [5.41, 5.74) is 0.423. The SMILES string of the molecule is CCCCOc1ccc(C(=O)CN2C(=O)c3ccccc3S2(=O)=O)cc1. The van der Waals surface area contributed by atoms with Gasteiger partial charge in [0.15, 0.2) is 5.78 Å². The summed E-state index contributed by atoms with van der Waals surface area (Å²) in [6.45, 7) is 2.14. The van der Waals surface area contributed by atoms with E-state index in [-0.39, 0.29) is 10.5 Å². The summed E-state index contributed by atoms with van der Waals surface area (Å²) >= 11 is 0. The smallest absolute Gasteiger partial charge is 0.269 e. The molecule has 0 saturated heterocycles. The van der Waals surface area contributed by atoms with Crippen molar-refractivity contribution in [3.63, 3.8) is 0 Å². The number of ether oxygens (including phenoxy) is 1. The molecule has 0 bridgehead atoms. The van der Waals surface area contributed by atoms with E-state index < -0.39 is 28.3 Å². The van der Waals surface area contributed by atoms with E-state index in [2.05, 4.69) is 6.92 Å². The number of unbranched alkanes of at least 4 members (excludes halogenated alkanes) is 1. The van der Waals surface area contributed by atoms with Crippen molar-refractivity contribution in [1.29, 1.82) is 0 Å². The Morgan fingerprint density at radius 3 is 2.42 bits per heavy atom. The fourth-order valence-electron chi connectivity index (χ4n) is 2.68. The highest BCUT2D eigenvalue weighted by Crippen LogP contribution is 2.30. The van der Waals surface area contributed by atoms with Crippen LogP contribution in [0.1, 0.15) is 40.5 Å². The molecule has 0 fully saturated rings. The summed E-state index contributed by atoms with van der Waals surface area (Å²) in [4.78, 5) is 24.8. The van der Waals surface area contributed by atoms with E-state index in [1.807, 2.05) is 0 Å². The van der Waals surface area contributed by atoms with Gasteiger partial charge in [0.05, 0.1) is 12.2 Å². The molecule has 1 heterocycles. The van der Waals surface area contributed by atoms with Crippen LogP contribution >= 0.6 is 0 Å². The number of nitrogens with zero attached hydrogens (tertiary/aromatic N) is 1. The molecule has 0 spiro atoms. The number of fused-ring (bicyclic) bond motifs is 1. The van der Waals surface area contributed by atoms with Crippen LogP contribution in [0.3, 0.4) is 0 Å². The first kappa shape index (κ1) is 18.1. The molecule has 1 amide bonds. The lowest BCUT2D eigenvalue weighted by Crippen LogP contribution is -2.35. The molecule has 1 aliphatic rings. The average Bonchev–Trinajstić information content (AvgIpc) is 2.84. The van der Waals surface area contributed by atoms with Crippen molar-refractivity contribution >= 4 is 21.7 Å². The molecular weight excluding hydrogens is 354 g/mol. The number of hydrogen-bond donors (Lipinski definition) is 0. The molecule has 0 saturated carbocycles. The molecule has 136 valence electrons. The Kier molecular flexibility index (Phi) is 5.08. The van der Waals surface area contributed by atoms with Gasteiger partial charge >= 0.3 is 0 Å². The summed E-state index contributed by atoms with van der Waals surface area (Å²) in [5.74, 6) is -0.476. The summed E-state index contributed by atoms with van der Waals surface area (Å²) in [5, 5.41) is 0. The molecule has 0 atom stereocenters. The number of carbonyl (C=O) groups is 2. The van der Waals surface area contributed by atoms with Gasteiger partial charge in [-0.05, 0) is 42.8 Å². The third-order valence-electron chi connectivity index (χ3n) is 4.14. The molecule has 0 aromatic heterocycles. The van der Waals surface area contributed by atoms with Crippen molar-refractivity contribution in [3.8, 4) is 5.75 Å². The number of rotatable bonds is 7. The molecule has 0 unspecified atom stereocenters. The van der Waals surface area contributed by atoms with E-state index in [4.69, 9.17) is 4.74 Å². The highest BCUT2D eigenvalue weighted by molar-refractivity contribution is 7.90. The van der Waals surface area contributed by atoms with Gasteiger partial charge in [-0.2, -0.15) is 0 Å². The normalized spacial score (nSPS) is 15.0. The lowest BCUT2D eigenvalue weighted by atomic mass is 10.1. The average molecular weight is 373 g/mol. The van der Waals surface area contributed by atoms with E-state index in [1.54, 1.807) is 36.4 Å². The number of hydrogen-bond acceptors (Lipinski definition) is 5. The number of amides is 1. The Bertz CT molecular complexity index is 935. The molecule has 2 aromatic rings. The molecule has 0 radical (unpaired) electrons. The van der Waals surface area contributed by atoms with Crippen LogP contribution in [0, 0.1) is 0 Å². The van der Waals surface area contributed by atoms with Crippen LogP contribution in [0.4, 0.5) is 0 Å². The second-order valence-corrected chi connectivity index (χ2v) is 7.79. The van der Waals surface area contributed by atoms with Gasteiger partial charge in [0.1, 0.15) is 17.2 Å². The summed E-state index contributed by atoms with van der Waals surface area (Å²) < 4.78 is 31.2. The van der Waals surface area contributed by atoms with E-state index in [0.717, 1.165) is 12.8 Å². The highest BCUT2D eigenvalue weighted by atomic mass is 32.2. The lowest BCUT2D eigenvalue weighted by Gasteiger charge is -2.14. The Labute approximate surface area is 152 Å². The fourth-order valence-corrected chi connectivity index (χ4v) is 4.21. The molecule has 0 N–H and O–H groups in total. The zero-order chi connectivity index (χ0) is 18.7. The first-order valence-corrected chi connectivity index (χ1v) is 9.81. The van der Waals surface area contributed by atoms with Crippen molar-refractivity contribution in [2.24, 2.45) is 0 Å². The second-order valence-electron chi connectivity index (χ2n) is 5.96. The van der Waals surface area contributed by atoms with Crippen LogP contribution in [-0.4, -0.2) is 37.6 Å². The topological polar surface area (TPSA) is 80.8 Å². The van der Waals surface area contributed by atoms with E-state index in [1.165, 1.54) is 12.1 Å². The minimum Gasteiger partial charge on any atom is -0.494 e. The predicted octanol–water partition coefficient (Wildman–Crippen LogP) is 2.89. The van der Waals surface area contributed by atoms with Crippen LogP contribution < -0.4 is 4.74 Å². The zero-order valence-electron chi connectivity index (χ0n) is 14.3. The number of sulfonamides is 1. The third kappa shape index (κ3) is 3.35. The molecule has 2 aromatic carbocycles. The van der Waals surface area contributed by atoms with E-state index in [0.29, 0.717) is 22.2 Å². The Morgan fingerprint density at radius 1 is 1.08 bits per heavy atom. The van der Waals surface area contributed by atoms with Crippen LogP contribution in [0.5, 0.6) is 5.75 Å². The molecular formula is C19H19NO5S. The van der Waals surface area contributed by atoms with Gasteiger partial charge in [-0.3, -0.25) is 9.59 Å². The Hall–Kier alpha value is -2.67. The molecule has 26 heavy (non-hydrogen) atoms. The first-order valence-electron chi connectivity index (χ1n) is 8.37. The van der Waals surface area contributed by atoms with Crippen molar-refractivity contribution in [3.05, 3.63) is 59.7 Å². The van der Waals surface area contributed by atoms with Crippen LogP contribution in [0.2, 0.25) is 0 Å². The quantitative estimate of drug-likeness (QED) is 0.551. The van der Waals surface area contributed by atoms with Gasteiger partial charge in [0, 0.05) is 5.56 Å². The maximum atomic E-state index is 12.5. The van der Waals surface area contributed by atoms with Gasteiger partial charge in [0.25, 0.3) is 15.9 Å². The van der Waals surface area contributed by atoms with E-state index >= 15 is 0 Å². The van der Waals surface area contributed by atoms with Gasteiger partial charge in [-0.15, -0.1) is 0 Å². The molecule has 3 rings (SSSR count). The number of carbonyl (C=O) groups excluding carboxylic acids is 2. The maximum Gasteiger partial charge on any atom is 0.269 e. The van der Waals surface area contributed by atoms with Crippen molar-refractivity contribution in [1.82, 2.24) is 4.31 Å². The van der Waals surface area contributed by atoms with Crippen molar-refractivity contribution < 1.29 is 22.7 Å². The summed E-state index contributed by atoms with van der Waals surface area (Å²) in [7, 11) is -3.98. The van der Waals surface area contributed by atoms with Crippen molar-refractivity contribution in [2.75, 3.05) is 13.2 Å².